The molecule has 0 spiro atoms. The number of aliphatic hydroxyl groups excluding tert-OH is 1. The number of anilines is 1. The Labute approximate surface area is 142 Å². The second-order valence-electron chi connectivity index (χ2n) is 5.08. The molecule has 0 fully saturated rings. The highest BCUT2D eigenvalue weighted by Crippen LogP contribution is 2.39. The van der Waals surface area contributed by atoms with Gasteiger partial charge < -0.3 is 25.5 Å². The molecule has 24 heavy (non-hydrogen) atoms. The first-order valence-electron chi connectivity index (χ1n) is 7.46. The second kappa shape index (κ2) is 7.43. The van der Waals surface area contributed by atoms with Crippen molar-refractivity contribution in [1.29, 1.82) is 0 Å². The van der Waals surface area contributed by atoms with Gasteiger partial charge in [-0.15, -0.1) is 11.3 Å². The Morgan fingerprint density at radius 3 is 3.04 bits per heavy atom. The molecule has 0 saturated carbocycles. The van der Waals surface area contributed by atoms with Crippen LogP contribution in [0, 0.1) is 0 Å². The minimum Gasteiger partial charge on any atom is -0.394 e. The third-order valence-electron chi connectivity index (χ3n) is 3.41. The van der Waals surface area contributed by atoms with Crippen LogP contribution < -0.4 is 10.6 Å². The summed E-state index contributed by atoms with van der Waals surface area (Å²) in [5, 5.41) is 14.8. The van der Waals surface area contributed by atoms with E-state index in [1.807, 2.05) is 12.1 Å². The van der Waals surface area contributed by atoms with E-state index in [4.69, 9.17) is 9.84 Å². The topological polar surface area (TPSA) is 103 Å². The summed E-state index contributed by atoms with van der Waals surface area (Å²) >= 11 is 1.24. The van der Waals surface area contributed by atoms with Crippen LogP contribution in [0.4, 0.5) is 5.00 Å². The monoisotopic (exact) mass is 347 g/mol. The van der Waals surface area contributed by atoms with E-state index in [1.54, 1.807) is 18.3 Å². The first-order valence-corrected chi connectivity index (χ1v) is 8.28. The fourth-order valence-corrected chi connectivity index (χ4v) is 3.30. The summed E-state index contributed by atoms with van der Waals surface area (Å²) < 4.78 is 5.09. The van der Waals surface area contributed by atoms with Crippen molar-refractivity contribution in [3.63, 3.8) is 0 Å². The van der Waals surface area contributed by atoms with Crippen LogP contribution in [-0.2, 0) is 9.53 Å². The van der Waals surface area contributed by atoms with E-state index in [1.165, 1.54) is 11.3 Å². The SMILES string of the molecule is O=C1Nc2sc(C(=O)NCCOCCO)cc2/C1=C/c1ccc[nH]1. The number of aliphatic hydroxyl groups is 1. The van der Waals surface area contributed by atoms with Crippen molar-refractivity contribution < 1.29 is 19.4 Å². The number of fused-ring (bicyclic) bond motifs is 1. The molecule has 0 aromatic carbocycles. The smallest absolute Gasteiger partial charge is 0.261 e. The third-order valence-corrected chi connectivity index (χ3v) is 4.46. The minimum atomic E-state index is -0.213. The van der Waals surface area contributed by atoms with Crippen LogP contribution in [0.25, 0.3) is 11.6 Å². The van der Waals surface area contributed by atoms with E-state index in [0.29, 0.717) is 28.6 Å². The Morgan fingerprint density at radius 1 is 1.42 bits per heavy atom. The number of carbonyl (C=O) groups is 2. The van der Waals surface area contributed by atoms with Gasteiger partial charge in [0.2, 0.25) is 0 Å². The van der Waals surface area contributed by atoms with Crippen LogP contribution in [0.3, 0.4) is 0 Å². The van der Waals surface area contributed by atoms with Gasteiger partial charge in [0.15, 0.2) is 0 Å². The van der Waals surface area contributed by atoms with Crippen LogP contribution in [0.2, 0.25) is 0 Å². The summed E-state index contributed by atoms with van der Waals surface area (Å²) in [6, 6.07) is 5.44. The molecular weight excluding hydrogens is 330 g/mol. The molecule has 0 radical (unpaired) electrons. The number of ether oxygens (including phenoxy) is 1. The Balaban J connectivity index is 1.68. The summed E-state index contributed by atoms with van der Waals surface area (Å²) in [7, 11) is 0. The zero-order chi connectivity index (χ0) is 16.9. The van der Waals surface area contributed by atoms with Gasteiger partial charge in [0.05, 0.1) is 30.3 Å². The molecule has 2 aromatic heterocycles. The highest BCUT2D eigenvalue weighted by atomic mass is 32.1. The Hall–Kier alpha value is -2.42. The number of nitrogens with one attached hydrogen (secondary N) is 3. The molecule has 0 atom stereocenters. The number of rotatable bonds is 7. The molecule has 2 aromatic rings. The maximum Gasteiger partial charge on any atom is 0.261 e. The normalized spacial score (nSPS) is 14.7. The summed E-state index contributed by atoms with van der Waals surface area (Å²) in [6.45, 7) is 0.911. The molecule has 0 aliphatic carbocycles. The molecule has 3 rings (SSSR count). The number of hydrogen-bond acceptors (Lipinski definition) is 5. The highest BCUT2D eigenvalue weighted by Gasteiger charge is 2.28. The van der Waals surface area contributed by atoms with Gasteiger partial charge in [-0.05, 0) is 24.3 Å². The summed E-state index contributed by atoms with van der Waals surface area (Å²) in [6.07, 6.45) is 3.55. The van der Waals surface area contributed by atoms with Gasteiger partial charge in [0.1, 0.15) is 5.00 Å². The van der Waals surface area contributed by atoms with Crippen molar-refractivity contribution in [2.75, 3.05) is 31.7 Å². The van der Waals surface area contributed by atoms with Crippen molar-refractivity contribution in [2.45, 2.75) is 0 Å². The molecule has 0 unspecified atom stereocenters. The molecule has 7 nitrogen and oxygen atoms in total. The highest BCUT2D eigenvalue weighted by molar-refractivity contribution is 7.18. The predicted molar refractivity (Wildman–Crippen MR) is 91.9 cm³/mol. The molecule has 1 aliphatic rings. The number of hydrogen-bond donors (Lipinski definition) is 4. The number of thiophene rings is 1. The van der Waals surface area contributed by atoms with Crippen LogP contribution in [0.5, 0.6) is 0 Å². The van der Waals surface area contributed by atoms with Crippen molar-refractivity contribution in [3.05, 3.63) is 40.5 Å². The maximum atomic E-state index is 12.1. The van der Waals surface area contributed by atoms with Crippen LogP contribution in [-0.4, -0.2) is 48.3 Å². The van der Waals surface area contributed by atoms with E-state index >= 15 is 0 Å². The van der Waals surface area contributed by atoms with E-state index in [9.17, 15) is 9.59 Å². The summed E-state index contributed by atoms with van der Waals surface area (Å²) in [5.41, 5.74) is 2.10. The molecule has 0 bridgehead atoms. The molecule has 2 amide bonds. The van der Waals surface area contributed by atoms with Crippen LogP contribution in [0.1, 0.15) is 20.9 Å². The third kappa shape index (κ3) is 3.56. The molecule has 3 heterocycles. The van der Waals surface area contributed by atoms with E-state index in [0.717, 1.165) is 11.3 Å². The molecule has 1 aliphatic heterocycles. The minimum absolute atomic E-state index is 0.0405. The summed E-state index contributed by atoms with van der Waals surface area (Å²) in [4.78, 5) is 27.7. The second-order valence-corrected chi connectivity index (χ2v) is 6.14. The molecule has 0 saturated heterocycles. The number of carbonyl (C=O) groups excluding carboxylic acids is 2. The molecular formula is C16H17N3O4S. The Bertz CT molecular complexity index is 764. The Kier molecular flexibility index (Phi) is 5.09. The number of amides is 2. The maximum absolute atomic E-state index is 12.1. The van der Waals surface area contributed by atoms with Crippen LogP contribution >= 0.6 is 11.3 Å². The van der Waals surface area contributed by atoms with Gasteiger partial charge in [-0.2, -0.15) is 0 Å². The Morgan fingerprint density at radius 2 is 2.29 bits per heavy atom. The largest absolute Gasteiger partial charge is 0.394 e. The lowest BCUT2D eigenvalue weighted by Gasteiger charge is -2.04. The van der Waals surface area contributed by atoms with Gasteiger partial charge in [0.25, 0.3) is 11.8 Å². The van der Waals surface area contributed by atoms with Gasteiger partial charge in [0, 0.05) is 24.0 Å². The quantitative estimate of drug-likeness (QED) is 0.448. The zero-order valence-electron chi connectivity index (χ0n) is 12.8. The first kappa shape index (κ1) is 16.4. The lowest BCUT2D eigenvalue weighted by Crippen LogP contribution is -2.26. The number of aromatic amines is 1. The van der Waals surface area contributed by atoms with Crippen molar-refractivity contribution in [3.8, 4) is 0 Å². The zero-order valence-corrected chi connectivity index (χ0v) is 13.6. The van der Waals surface area contributed by atoms with E-state index < -0.39 is 0 Å². The van der Waals surface area contributed by atoms with Crippen molar-refractivity contribution in [1.82, 2.24) is 10.3 Å². The van der Waals surface area contributed by atoms with Crippen molar-refractivity contribution >= 4 is 39.8 Å². The molecule has 8 heteroatoms. The fraction of sp³-hybridized carbons (Fsp3) is 0.250. The van der Waals surface area contributed by atoms with E-state index in [2.05, 4.69) is 15.6 Å². The average Bonchev–Trinajstić information content (AvgIpc) is 3.26. The lowest BCUT2D eigenvalue weighted by atomic mass is 10.1. The van der Waals surface area contributed by atoms with Crippen molar-refractivity contribution in [2.24, 2.45) is 0 Å². The van der Waals surface area contributed by atoms with E-state index in [-0.39, 0.29) is 25.0 Å². The van der Waals surface area contributed by atoms with Gasteiger partial charge in [-0.25, -0.2) is 0 Å². The first-order chi connectivity index (χ1) is 11.7. The van der Waals surface area contributed by atoms with Gasteiger partial charge in [-0.3, -0.25) is 9.59 Å². The standard InChI is InChI=1S/C16H17N3O4S/c20-5-7-23-6-4-18-15(22)13-9-12-11(8-10-2-1-3-17-10)14(21)19-16(12)24-13/h1-3,8-9,17,20H,4-7H2,(H,18,22)(H,19,21)/b11-8-. The number of H-pyrrole nitrogens is 1. The molecule has 126 valence electrons. The average molecular weight is 347 g/mol. The van der Waals surface area contributed by atoms with Crippen LogP contribution in [0.15, 0.2) is 24.4 Å². The predicted octanol–water partition coefficient (Wildman–Crippen LogP) is 1.31. The molecule has 4 N–H and O–H groups in total. The fourth-order valence-electron chi connectivity index (χ4n) is 2.31. The van der Waals surface area contributed by atoms with Gasteiger partial charge >= 0.3 is 0 Å². The lowest BCUT2D eigenvalue weighted by molar-refractivity contribution is -0.110. The number of aromatic nitrogens is 1. The summed E-state index contributed by atoms with van der Waals surface area (Å²) in [5.74, 6) is -0.384. The van der Waals surface area contributed by atoms with Gasteiger partial charge in [-0.1, -0.05) is 0 Å².